The fourth-order valence-electron chi connectivity index (χ4n) is 1.98. The summed E-state index contributed by atoms with van der Waals surface area (Å²) in [4.78, 5) is 13.3. The van der Waals surface area contributed by atoms with Crippen LogP contribution in [0.1, 0.15) is 24.2 Å². The Labute approximate surface area is 130 Å². The predicted octanol–water partition coefficient (Wildman–Crippen LogP) is 2.92. The van der Waals surface area contributed by atoms with Crippen LogP contribution in [-0.2, 0) is 9.47 Å². The Kier molecular flexibility index (Phi) is 8.12. The maximum absolute atomic E-state index is 11.4. The number of halogens is 1. The van der Waals surface area contributed by atoms with Crippen LogP contribution in [0.15, 0.2) is 18.2 Å². The molecule has 118 valence electrons. The van der Waals surface area contributed by atoms with Gasteiger partial charge >= 0.3 is 5.97 Å². The van der Waals surface area contributed by atoms with Crippen LogP contribution in [0.4, 0.5) is 5.69 Å². The van der Waals surface area contributed by atoms with Gasteiger partial charge in [0.05, 0.1) is 29.5 Å². The molecule has 0 aliphatic heterocycles. The number of hydrogen-bond acceptors (Lipinski definition) is 4. The van der Waals surface area contributed by atoms with Crippen molar-refractivity contribution in [2.24, 2.45) is 0 Å². The number of hydrogen-bond donors (Lipinski definition) is 1. The van der Waals surface area contributed by atoms with E-state index in [9.17, 15) is 9.90 Å². The summed E-state index contributed by atoms with van der Waals surface area (Å²) in [5.41, 5.74) is 0.710. The van der Waals surface area contributed by atoms with E-state index in [4.69, 9.17) is 21.1 Å². The number of carbonyl (C=O) groups is 1. The quantitative estimate of drug-likeness (QED) is 0.673. The molecule has 0 unspecified atom stereocenters. The SMILES string of the molecule is CCOCCN(CCOCC)c1c(Cl)cccc1C(=O)O. The normalized spacial score (nSPS) is 10.6. The van der Waals surface area contributed by atoms with Crippen LogP contribution in [-0.4, -0.2) is 50.6 Å². The van der Waals surface area contributed by atoms with E-state index in [0.717, 1.165) is 0 Å². The minimum absolute atomic E-state index is 0.190. The van der Waals surface area contributed by atoms with Crippen LogP contribution in [0.25, 0.3) is 0 Å². The lowest BCUT2D eigenvalue weighted by Gasteiger charge is -2.27. The number of ether oxygens (including phenoxy) is 2. The first-order valence-corrected chi connectivity index (χ1v) is 7.41. The number of carboxylic acid groups (broad SMARTS) is 1. The summed E-state index contributed by atoms with van der Waals surface area (Å²) in [6.45, 7) is 7.21. The molecule has 0 radical (unpaired) electrons. The largest absolute Gasteiger partial charge is 0.478 e. The highest BCUT2D eigenvalue weighted by Gasteiger charge is 2.19. The maximum Gasteiger partial charge on any atom is 0.337 e. The molecule has 0 aliphatic carbocycles. The second-order valence-electron chi connectivity index (χ2n) is 4.32. The Hall–Kier alpha value is -1.30. The van der Waals surface area contributed by atoms with Crippen molar-refractivity contribution in [1.82, 2.24) is 0 Å². The molecule has 0 spiro atoms. The van der Waals surface area contributed by atoms with Gasteiger partial charge < -0.3 is 19.5 Å². The minimum atomic E-state index is -0.995. The van der Waals surface area contributed by atoms with Gasteiger partial charge in [-0.3, -0.25) is 0 Å². The van der Waals surface area contributed by atoms with Crippen molar-refractivity contribution >= 4 is 23.3 Å². The monoisotopic (exact) mass is 315 g/mol. The number of rotatable bonds is 10. The molecule has 0 heterocycles. The van der Waals surface area contributed by atoms with Gasteiger partial charge in [0.1, 0.15) is 0 Å². The molecule has 1 N–H and O–H groups in total. The molecule has 21 heavy (non-hydrogen) atoms. The van der Waals surface area contributed by atoms with E-state index in [1.54, 1.807) is 18.2 Å². The van der Waals surface area contributed by atoms with Crippen LogP contribution in [0.2, 0.25) is 5.02 Å². The van der Waals surface area contributed by atoms with Crippen molar-refractivity contribution in [3.05, 3.63) is 28.8 Å². The standard InChI is InChI=1S/C15H22ClNO4/c1-3-20-10-8-17(9-11-21-4-2)14-12(15(18)19)6-5-7-13(14)16/h5-7H,3-4,8-11H2,1-2H3,(H,18,19). The number of carboxylic acids is 1. The molecule has 0 bridgehead atoms. The molecule has 5 nitrogen and oxygen atoms in total. The van der Waals surface area contributed by atoms with E-state index in [2.05, 4.69) is 0 Å². The number of anilines is 1. The van der Waals surface area contributed by atoms with E-state index in [0.29, 0.717) is 50.2 Å². The second-order valence-corrected chi connectivity index (χ2v) is 4.73. The molecule has 1 aromatic rings. The fourth-order valence-corrected chi connectivity index (χ4v) is 2.28. The van der Waals surface area contributed by atoms with Gasteiger partial charge in [0.2, 0.25) is 0 Å². The Morgan fingerprint density at radius 2 is 1.76 bits per heavy atom. The molecule has 0 amide bonds. The van der Waals surface area contributed by atoms with Crippen LogP contribution < -0.4 is 4.90 Å². The Morgan fingerprint density at radius 3 is 2.24 bits per heavy atom. The number of nitrogens with zero attached hydrogens (tertiary/aromatic N) is 1. The third kappa shape index (κ3) is 5.53. The smallest absolute Gasteiger partial charge is 0.337 e. The van der Waals surface area contributed by atoms with Crippen LogP contribution in [0.3, 0.4) is 0 Å². The van der Waals surface area contributed by atoms with E-state index in [-0.39, 0.29) is 5.56 Å². The summed E-state index contributed by atoms with van der Waals surface area (Å²) in [6.07, 6.45) is 0. The zero-order valence-corrected chi connectivity index (χ0v) is 13.2. The molecule has 0 aliphatic rings. The van der Waals surface area contributed by atoms with Crippen molar-refractivity contribution in [1.29, 1.82) is 0 Å². The topological polar surface area (TPSA) is 59.0 Å². The molecular weight excluding hydrogens is 294 g/mol. The highest BCUT2D eigenvalue weighted by atomic mass is 35.5. The predicted molar refractivity (Wildman–Crippen MR) is 83.6 cm³/mol. The minimum Gasteiger partial charge on any atom is -0.478 e. The van der Waals surface area contributed by atoms with E-state index < -0.39 is 5.97 Å². The van der Waals surface area contributed by atoms with Gasteiger partial charge in [-0.2, -0.15) is 0 Å². The molecule has 1 aromatic carbocycles. The highest BCUT2D eigenvalue weighted by molar-refractivity contribution is 6.34. The maximum atomic E-state index is 11.4. The lowest BCUT2D eigenvalue weighted by molar-refractivity contribution is 0.0697. The molecule has 6 heteroatoms. The molecule has 0 fully saturated rings. The Balaban J connectivity index is 2.97. The molecule has 0 saturated carbocycles. The van der Waals surface area contributed by atoms with Gasteiger partial charge in [-0.25, -0.2) is 4.79 Å². The average molecular weight is 316 g/mol. The first kappa shape index (κ1) is 17.8. The van der Waals surface area contributed by atoms with Crippen LogP contribution in [0, 0.1) is 0 Å². The van der Waals surface area contributed by atoms with Gasteiger partial charge in [-0.1, -0.05) is 17.7 Å². The van der Waals surface area contributed by atoms with Gasteiger partial charge in [-0.15, -0.1) is 0 Å². The Bertz CT molecular complexity index is 443. The molecule has 1 rings (SSSR count). The van der Waals surface area contributed by atoms with E-state index >= 15 is 0 Å². The van der Waals surface area contributed by atoms with Crippen LogP contribution in [0.5, 0.6) is 0 Å². The molecular formula is C15H22ClNO4. The van der Waals surface area contributed by atoms with Gasteiger partial charge in [0.15, 0.2) is 0 Å². The lowest BCUT2D eigenvalue weighted by Crippen LogP contribution is -2.32. The van der Waals surface area contributed by atoms with Crippen molar-refractivity contribution in [3.8, 4) is 0 Å². The molecule has 0 atom stereocenters. The van der Waals surface area contributed by atoms with Crippen molar-refractivity contribution in [3.63, 3.8) is 0 Å². The third-order valence-corrected chi connectivity index (χ3v) is 3.26. The lowest BCUT2D eigenvalue weighted by atomic mass is 10.1. The van der Waals surface area contributed by atoms with Crippen molar-refractivity contribution in [2.45, 2.75) is 13.8 Å². The first-order chi connectivity index (χ1) is 10.1. The summed E-state index contributed by atoms with van der Waals surface area (Å²) < 4.78 is 10.7. The van der Waals surface area contributed by atoms with Gasteiger partial charge in [-0.05, 0) is 26.0 Å². The zero-order valence-electron chi connectivity index (χ0n) is 12.5. The summed E-state index contributed by atoms with van der Waals surface area (Å²) in [5.74, 6) is -0.995. The summed E-state index contributed by atoms with van der Waals surface area (Å²) >= 11 is 6.21. The summed E-state index contributed by atoms with van der Waals surface area (Å²) in [5, 5.41) is 9.75. The van der Waals surface area contributed by atoms with E-state index in [1.807, 2.05) is 18.7 Å². The zero-order chi connectivity index (χ0) is 15.7. The highest BCUT2D eigenvalue weighted by Crippen LogP contribution is 2.30. The van der Waals surface area contributed by atoms with Crippen LogP contribution >= 0.6 is 11.6 Å². The van der Waals surface area contributed by atoms with Crippen molar-refractivity contribution in [2.75, 3.05) is 44.4 Å². The second kappa shape index (κ2) is 9.60. The average Bonchev–Trinajstić information content (AvgIpc) is 2.46. The molecule has 0 aromatic heterocycles. The fraction of sp³-hybridized carbons (Fsp3) is 0.533. The number of benzene rings is 1. The number of aromatic carboxylic acids is 1. The van der Waals surface area contributed by atoms with Gasteiger partial charge in [0.25, 0.3) is 0 Å². The third-order valence-electron chi connectivity index (χ3n) is 2.95. The summed E-state index contributed by atoms with van der Waals surface area (Å²) in [6, 6.07) is 4.88. The van der Waals surface area contributed by atoms with Gasteiger partial charge in [0, 0.05) is 26.3 Å². The molecule has 0 saturated heterocycles. The number of para-hydroxylation sites is 1. The Morgan fingerprint density at radius 1 is 1.19 bits per heavy atom. The first-order valence-electron chi connectivity index (χ1n) is 7.04. The van der Waals surface area contributed by atoms with Crippen molar-refractivity contribution < 1.29 is 19.4 Å². The van der Waals surface area contributed by atoms with E-state index in [1.165, 1.54) is 0 Å². The summed E-state index contributed by atoms with van der Waals surface area (Å²) in [7, 11) is 0.